The van der Waals surface area contributed by atoms with E-state index in [1.165, 1.54) is 0 Å². The average molecular weight is 323 g/mol. The van der Waals surface area contributed by atoms with Crippen LogP contribution < -0.4 is 9.47 Å². The van der Waals surface area contributed by atoms with E-state index in [0.29, 0.717) is 30.4 Å². The zero-order valence-corrected chi connectivity index (χ0v) is 12.5. The zero-order chi connectivity index (χ0) is 16.4. The van der Waals surface area contributed by atoms with Crippen LogP contribution >= 0.6 is 0 Å². The Kier molecular flexibility index (Phi) is 3.59. The molecule has 0 bridgehead atoms. The lowest BCUT2D eigenvalue weighted by atomic mass is 10.2. The quantitative estimate of drug-likeness (QED) is 0.728. The molecule has 1 N–H and O–H groups in total. The summed E-state index contributed by atoms with van der Waals surface area (Å²) in [6, 6.07) is 14.5. The number of aromatic hydroxyl groups is 1. The number of rotatable bonds is 3. The van der Waals surface area contributed by atoms with Crippen molar-refractivity contribution < 1.29 is 19.0 Å². The Morgan fingerprint density at radius 2 is 1.71 bits per heavy atom. The molecule has 7 heteroatoms. The molecule has 0 fully saturated rings. The lowest BCUT2D eigenvalue weighted by Crippen LogP contribution is -2.14. The number of fused-ring (bicyclic) bond motifs is 1. The van der Waals surface area contributed by atoms with Crippen molar-refractivity contribution in [3.05, 3.63) is 48.5 Å². The molecule has 2 heterocycles. The largest absolute Gasteiger partial charge is 0.486 e. The summed E-state index contributed by atoms with van der Waals surface area (Å²) in [5.74, 6) is 1.21. The topological polar surface area (TPSA) is 89.4 Å². The fourth-order valence-electron chi connectivity index (χ4n) is 2.27. The van der Waals surface area contributed by atoms with Gasteiger partial charge in [0.05, 0.1) is 5.69 Å². The van der Waals surface area contributed by atoms with Gasteiger partial charge in [0, 0.05) is 11.6 Å². The first-order chi connectivity index (χ1) is 11.8. The van der Waals surface area contributed by atoms with E-state index >= 15 is 0 Å². The maximum absolute atomic E-state index is 9.84. The number of hydrogen-bond acceptors (Lipinski definition) is 7. The standard InChI is InChI=1S/C17H13N3O4/c21-17-15(18-16(24-17)11-4-2-1-3-5-11)20-19-12-6-7-13-14(10-12)23-9-8-22-13/h1-7,10,21H,8-9H2. The van der Waals surface area contributed by atoms with Crippen molar-refractivity contribution in [3.8, 4) is 28.9 Å². The van der Waals surface area contributed by atoms with Gasteiger partial charge < -0.3 is 19.0 Å². The molecule has 7 nitrogen and oxygen atoms in total. The van der Waals surface area contributed by atoms with E-state index in [9.17, 15) is 5.11 Å². The lowest BCUT2D eigenvalue weighted by molar-refractivity contribution is 0.171. The van der Waals surface area contributed by atoms with Crippen molar-refractivity contribution in [2.75, 3.05) is 13.2 Å². The average Bonchev–Trinajstić information content (AvgIpc) is 3.01. The minimum atomic E-state index is -0.379. The first-order valence-electron chi connectivity index (χ1n) is 7.36. The predicted octanol–water partition coefficient (Wildman–Crippen LogP) is 4.23. The monoisotopic (exact) mass is 323 g/mol. The van der Waals surface area contributed by atoms with E-state index in [2.05, 4.69) is 15.2 Å². The SMILES string of the molecule is Oc1oc(-c2ccccc2)nc1N=Nc1ccc2c(c1)OCCO2. The first-order valence-corrected chi connectivity index (χ1v) is 7.36. The third kappa shape index (κ3) is 2.79. The highest BCUT2D eigenvalue weighted by Gasteiger charge is 2.14. The van der Waals surface area contributed by atoms with Crippen molar-refractivity contribution in [3.63, 3.8) is 0 Å². The molecule has 0 unspecified atom stereocenters. The molecular weight excluding hydrogens is 310 g/mol. The lowest BCUT2D eigenvalue weighted by Gasteiger charge is -2.17. The Bertz CT molecular complexity index is 890. The van der Waals surface area contributed by atoms with E-state index in [1.54, 1.807) is 18.2 Å². The van der Waals surface area contributed by atoms with Gasteiger partial charge in [-0.25, -0.2) is 0 Å². The van der Waals surface area contributed by atoms with E-state index in [4.69, 9.17) is 13.9 Å². The maximum Gasteiger partial charge on any atom is 0.332 e. The molecule has 2 aromatic carbocycles. The van der Waals surface area contributed by atoms with E-state index in [0.717, 1.165) is 5.56 Å². The highest BCUT2D eigenvalue weighted by atomic mass is 16.6. The second-order valence-electron chi connectivity index (χ2n) is 5.04. The van der Waals surface area contributed by atoms with Crippen LogP contribution in [0, 0.1) is 0 Å². The molecule has 0 radical (unpaired) electrons. The van der Waals surface area contributed by atoms with Crippen molar-refractivity contribution in [2.45, 2.75) is 0 Å². The summed E-state index contributed by atoms with van der Waals surface area (Å²) in [6.07, 6.45) is 0. The van der Waals surface area contributed by atoms with Gasteiger partial charge in [0.2, 0.25) is 5.89 Å². The minimum Gasteiger partial charge on any atom is -0.486 e. The smallest absolute Gasteiger partial charge is 0.332 e. The number of azo groups is 1. The molecule has 1 aliphatic rings. The van der Waals surface area contributed by atoms with Crippen molar-refractivity contribution in [1.82, 2.24) is 4.98 Å². The number of nitrogens with zero attached hydrogens (tertiary/aromatic N) is 3. The van der Waals surface area contributed by atoms with Crippen LogP contribution in [0.25, 0.3) is 11.5 Å². The summed E-state index contributed by atoms with van der Waals surface area (Å²) in [6.45, 7) is 1.03. The Hall–Kier alpha value is -3.35. The van der Waals surface area contributed by atoms with Crippen molar-refractivity contribution in [2.24, 2.45) is 10.2 Å². The predicted molar refractivity (Wildman–Crippen MR) is 85.2 cm³/mol. The van der Waals surface area contributed by atoms with Crippen LogP contribution in [-0.2, 0) is 0 Å². The minimum absolute atomic E-state index is 0.0174. The summed E-state index contributed by atoms with van der Waals surface area (Å²) in [5.41, 5.74) is 1.30. The number of oxazole rings is 1. The molecule has 1 aliphatic heterocycles. The summed E-state index contributed by atoms with van der Waals surface area (Å²) >= 11 is 0. The Balaban J connectivity index is 1.59. The molecule has 0 spiro atoms. The molecular formula is C17H13N3O4. The Morgan fingerprint density at radius 3 is 2.54 bits per heavy atom. The molecule has 0 saturated heterocycles. The fraction of sp³-hybridized carbons (Fsp3) is 0.118. The van der Waals surface area contributed by atoms with Gasteiger partial charge in [-0.1, -0.05) is 18.2 Å². The van der Waals surface area contributed by atoms with Gasteiger partial charge in [-0.15, -0.1) is 10.2 Å². The van der Waals surface area contributed by atoms with Gasteiger partial charge in [0.25, 0.3) is 5.82 Å². The van der Waals surface area contributed by atoms with Crippen LogP contribution in [0.4, 0.5) is 11.5 Å². The number of benzene rings is 2. The van der Waals surface area contributed by atoms with Crippen molar-refractivity contribution >= 4 is 11.5 Å². The molecule has 4 rings (SSSR count). The summed E-state index contributed by atoms with van der Waals surface area (Å²) in [4.78, 5) is 4.15. The van der Waals surface area contributed by atoms with Crippen LogP contribution in [0.5, 0.6) is 17.4 Å². The van der Waals surface area contributed by atoms with Gasteiger partial charge >= 0.3 is 5.95 Å². The highest BCUT2D eigenvalue weighted by Crippen LogP contribution is 2.36. The molecule has 3 aromatic rings. The third-order valence-corrected chi connectivity index (χ3v) is 3.40. The number of hydrogen-bond donors (Lipinski definition) is 1. The van der Waals surface area contributed by atoms with Gasteiger partial charge in [0.15, 0.2) is 11.5 Å². The summed E-state index contributed by atoms with van der Waals surface area (Å²) in [7, 11) is 0. The summed E-state index contributed by atoms with van der Waals surface area (Å²) < 4.78 is 16.2. The van der Waals surface area contributed by atoms with Crippen LogP contribution in [0.15, 0.2) is 63.2 Å². The van der Waals surface area contributed by atoms with E-state index < -0.39 is 0 Å². The first kappa shape index (κ1) is 14.3. The normalized spacial score (nSPS) is 13.3. The van der Waals surface area contributed by atoms with Gasteiger partial charge in [0.1, 0.15) is 13.2 Å². The maximum atomic E-state index is 9.84. The summed E-state index contributed by atoms with van der Waals surface area (Å²) in [5, 5.41) is 17.8. The fourth-order valence-corrected chi connectivity index (χ4v) is 2.27. The van der Waals surface area contributed by atoms with Gasteiger partial charge in [-0.3, -0.25) is 0 Å². The van der Waals surface area contributed by atoms with E-state index in [-0.39, 0.29) is 17.7 Å². The Labute approximate surface area is 137 Å². The van der Waals surface area contributed by atoms with Crippen LogP contribution in [0.1, 0.15) is 0 Å². The van der Waals surface area contributed by atoms with Crippen LogP contribution in [0.2, 0.25) is 0 Å². The van der Waals surface area contributed by atoms with Crippen LogP contribution in [-0.4, -0.2) is 23.3 Å². The number of ether oxygens (including phenoxy) is 2. The molecule has 1 aromatic heterocycles. The zero-order valence-electron chi connectivity index (χ0n) is 12.5. The molecule has 24 heavy (non-hydrogen) atoms. The van der Waals surface area contributed by atoms with Crippen LogP contribution in [0.3, 0.4) is 0 Å². The second-order valence-corrected chi connectivity index (χ2v) is 5.04. The third-order valence-electron chi connectivity index (χ3n) is 3.40. The van der Waals surface area contributed by atoms with Gasteiger partial charge in [-0.05, 0) is 24.3 Å². The van der Waals surface area contributed by atoms with Gasteiger partial charge in [-0.2, -0.15) is 4.98 Å². The highest BCUT2D eigenvalue weighted by molar-refractivity contribution is 5.57. The van der Waals surface area contributed by atoms with Crippen molar-refractivity contribution in [1.29, 1.82) is 0 Å². The van der Waals surface area contributed by atoms with E-state index in [1.807, 2.05) is 30.3 Å². The Morgan fingerprint density at radius 1 is 0.917 bits per heavy atom. The number of aromatic nitrogens is 1. The molecule has 120 valence electrons. The second kappa shape index (κ2) is 6.04. The molecule has 0 aliphatic carbocycles. The molecule has 0 atom stereocenters. The molecule has 0 saturated carbocycles. The molecule has 0 amide bonds.